The molecule has 1 aliphatic rings. The smallest absolute Gasteiger partial charge is 0.261 e. The number of amides is 2. The van der Waals surface area contributed by atoms with Crippen LogP contribution in [0.2, 0.25) is 5.02 Å². The Bertz CT molecular complexity index is 580. The Kier molecular flexibility index (Phi) is 5.24. The highest BCUT2D eigenvalue weighted by atomic mass is 35.5. The zero-order valence-electron chi connectivity index (χ0n) is 12.5. The van der Waals surface area contributed by atoms with Gasteiger partial charge in [-0.3, -0.25) is 9.59 Å². The molecule has 7 heteroatoms. The zero-order chi connectivity index (χ0) is 16.3. The van der Waals surface area contributed by atoms with E-state index in [1.807, 2.05) is 0 Å². The first-order valence-corrected chi connectivity index (χ1v) is 7.36. The fraction of sp³-hybridized carbons (Fsp3) is 0.467. The predicted octanol–water partition coefficient (Wildman–Crippen LogP) is 1.94. The Morgan fingerprint density at radius 1 is 1.45 bits per heavy atom. The second-order valence-corrected chi connectivity index (χ2v) is 5.75. The number of ether oxygens (including phenoxy) is 1. The van der Waals surface area contributed by atoms with E-state index in [2.05, 4.69) is 0 Å². The van der Waals surface area contributed by atoms with Crippen molar-refractivity contribution in [3.05, 3.63) is 29.0 Å². The van der Waals surface area contributed by atoms with Crippen LogP contribution in [0.4, 0.5) is 4.39 Å². The van der Waals surface area contributed by atoms with E-state index in [0.717, 1.165) is 6.42 Å². The monoisotopic (exact) mass is 328 g/mol. The molecule has 1 aliphatic heterocycles. The first-order valence-electron chi connectivity index (χ1n) is 6.98. The predicted molar refractivity (Wildman–Crippen MR) is 80.3 cm³/mol. The van der Waals surface area contributed by atoms with Gasteiger partial charge in [-0.15, -0.1) is 0 Å². The van der Waals surface area contributed by atoms with Crippen molar-refractivity contribution in [2.75, 3.05) is 27.2 Å². The number of carbonyl (C=O) groups is 2. The summed E-state index contributed by atoms with van der Waals surface area (Å²) in [7, 11) is 3.33. The van der Waals surface area contributed by atoms with Crippen LogP contribution < -0.4 is 4.74 Å². The van der Waals surface area contributed by atoms with Gasteiger partial charge in [0.15, 0.2) is 6.61 Å². The summed E-state index contributed by atoms with van der Waals surface area (Å²) in [5.41, 5.74) is 0. The Balaban J connectivity index is 1.96. The Labute approximate surface area is 133 Å². The van der Waals surface area contributed by atoms with Crippen LogP contribution in [0.5, 0.6) is 5.75 Å². The molecule has 1 heterocycles. The zero-order valence-corrected chi connectivity index (χ0v) is 13.3. The summed E-state index contributed by atoms with van der Waals surface area (Å²) in [6, 6.07) is 3.47. The normalized spacial score (nSPS) is 17.5. The van der Waals surface area contributed by atoms with Crippen LogP contribution >= 0.6 is 11.6 Å². The van der Waals surface area contributed by atoms with Crippen molar-refractivity contribution in [1.82, 2.24) is 9.80 Å². The molecule has 1 aromatic rings. The number of halogens is 2. The standard InChI is InChI=1S/C15H18ClFN2O3/c1-18(2)15(21)13-4-3-7-19(13)14(20)9-22-10-5-6-12(17)11(16)8-10/h5-6,8,13H,3-4,7,9H2,1-2H3. The molecule has 0 aliphatic carbocycles. The summed E-state index contributed by atoms with van der Waals surface area (Å²) >= 11 is 5.66. The lowest BCUT2D eigenvalue weighted by Gasteiger charge is -2.26. The molecule has 1 aromatic carbocycles. The van der Waals surface area contributed by atoms with Gasteiger partial charge in [-0.2, -0.15) is 0 Å². The van der Waals surface area contributed by atoms with E-state index in [1.165, 1.54) is 28.0 Å². The van der Waals surface area contributed by atoms with Crippen molar-refractivity contribution >= 4 is 23.4 Å². The minimum absolute atomic E-state index is 0.0632. The van der Waals surface area contributed by atoms with Gasteiger partial charge in [0.1, 0.15) is 17.6 Å². The van der Waals surface area contributed by atoms with Crippen LogP contribution in [0.25, 0.3) is 0 Å². The molecule has 22 heavy (non-hydrogen) atoms. The van der Waals surface area contributed by atoms with E-state index in [9.17, 15) is 14.0 Å². The third-order valence-corrected chi connectivity index (χ3v) is 3.84. The minimum Gasteiger partial charge on any atom is -0.484 e. The van der Waals surface area contributed by atoms with Gasteiger partial charge in [0.25, 0.3) is 5.91 Å². The van der Waals surface area contributed by atoms with E-state index in [-0.39, 0.29) is 23.4 Å². The fourth-order valence-electron chi connectivity index (χ4n) is 2.41. The molecule has 0 saturated carbocycles. The summed E-state index contributed by atoms with van der Waals surface area (Å²) in [6.45, 7) is 0.329. The van der Waals surface area contributed by atoms with E-state index in [4.69, 9.17) is 16.3 Å². The maximum Gasteiger partial charge on any atom is 0.261 e. The van der Waals surface area contributed by atoms with Crippen molar-refractivity contribution in [3.8, 4) is 5.75 Å². The van der Waals surface area contributed by atoms with Crippen LogP contribution in [0.1, 0.15) is 12.8 Å². The lowest BCUT2D eigenvalue weighted by Crippen LogP contribution is -2.46. The molecule has 1 saturated heterocycles. The SMILES string of the molecule is CN(C)C(=O)C1CCCN1C(=O)COc1ccc(F)c(Cl)c1. The molecule has 1 fully saturated rings. The molecule has 0 radical (unpaired) electrons. The van der Waals surface area contributed by atoms with Gasteiger partial charge in [-0.05, 0) is 25.0 Å². The van der Waals surface area contributed by atoms with E-state index >= 15 is 0 Å². The van der Waals surface area contributed by atoms with E-state index in [0.29, 0.717) is 18.7 Å². The van der Waals surface area contributed by atoms with E-state index < -0.39 is 11.9 Å². The lowest BCUT2D eigenvalue weighted by atomic mass is 10.2. The maximum absolute atomic E-state index is 13.1. The fourth-order valence-corrected chi connectivity index (χ4v) is 2.59. The Morgan fingerprint density at radius 3 is 2.82 bits per heavy atom. The highest BCUT2D eigenvalue weighted by Crippen LogP contribution is 2.22. The first-order chi connectivity index (χ1) is 10.4. The molecule has 0 N–H and O–H groups in total. The van der Waals surface area contributed by atoms with Crippen molar-refractivity contribution in [2.24, 2.45) is 0 Å². The van der Waals surface area contributed by atoms with Gasteiger partial charge in [0.05, 0.1) is 5.02 Å². The summed E-state index contributed by atoms with van der Waals surface area (Å²) in [5.74, 6) is -0.584. The average Bonchev–Trinajstić information content (AvgIpc) is 2.96. The minimum atomic E-state index is -0.545. The van der Waals surface area contributed by atoms with Gasteiger partial charge in [-0.25, -0.2) is 4.39 Å². The third-order valence-electron chi connectivity index (χ3n) is 3.55. The number of nitrogens with zero attached hydrogens (tertiary/aromatic N) is 2. The molecule has 0 aromatic heterocycles. The molecular weight excluding hydrogens is 311 g/mol. The van der Waals surface area contributed by atoms with Gasteiger partial charge in [0.2, 0.25) is 5.91 Å². The lowest BCUT2D eigenvalue weighted by molar-refractivity contribution is -0.143. The quantitative estimate of drug-likeness (QED) is 0.848. The number of hydrogen-bond acceptors (Lipinski definition) is 3. The van der Waals surface area contributed by atoms with Gasteiger partial charge in [-0.1, -0.05) is 11.6 Å². The number of carbonyl (C=O) groups excluding carboxylic acids is 2. The second-order valence-electron chi connectivity index (χ2n) is 5.34. The Hall–Kier alpha value is -1.82. The summed E-state index contributed by atoms with van der Waals surface area (Å²) in [4.78, 5) is 27.3. The van der Waals surface area contributed by atoms with Crippen LogP contribution in [0.3, 0.4) is 0 Å². The first kappa shape index (κ1) is 16.5. The maximum atomic E-state index is 13.1. The molecule has 2 amide bonds. The number of hydrogen-bond donors (Lipinski definition) is 0. The third kappa shape index (κ3) is 3.68. The summed E-state index contributed by atoms with van der Waals surface area (Å²) in [6.07, 6.45) is 1.45. The molecule has 1 atom stereocenters. The largest absolute Gasteiger partial charge is 0.484 e. The van der Waals surface area contributed by atoms with Crippen LogP contribution in [-0.2, 0) is 9.59 Å². The van der Waals surface area contributed by atoms with Gasteiger partial charge < -0.3 is 14.5 Å². The van der Waals surface area contributed by atoms with Crippen molar-refractivity contribution in [2.45, 2.75) is 18.9 Å². The summed E-state index contributed by atoms with van der Waals surface area (Å²) < 4.78 is 18.4. The average molecular weight is 329 g/mol. The van der Waals surface area contributed by atoms with Gasteiger partial charge >= 0.3 is 0 Å². The Morgan fingerprint density at radius 2 is 2.18 bits per heavy atom. The topological polar surface area (TPSA) is 49.9 Å². The molecule has 5 nitrogen and oxygen atoms in total. The summed E-state index contributed by atoms with van der Waals surface area (Å²) in [5, 5.41) is -0.0632. The number of likely N-dealkylation sites (tertiary alicyclic amines) is 1. The molecular formula is C15H18ClFN2O3. The second kappa shape index (κ2) is 6.96. The molecule has 1 unspecified atom stereocenters. The molecule has 0 spiro atoms. The number of benzene rings is 1. The number of rotatable bonds is 4. The van der Waals surface area contributed by atoms with Crippen LogP contribution in [0, 0.1) is 5.82 Å². The highest BCUT2D eigenvalue weighted by Gasteiger charge is 2.34. The highest BCUT2D eigenvalue weighted by molar-refractivity contribution is 6.30. The van der Waals surface area contributed by atoms with Crippen molar-refractivity contribution < 1.29 is 18.7 Å². The molecule has 2 rings (SSSR count). The van der Waals surface area contributed by atoms with E-state index in [1.54, 1.807) is 14.1 Å². The van der Waals surface area contributed by atoms with Gasteiger partial charge in [0, 0.05) is 26.7 Å². The molecule has 0 bridgehead atoms. The number of likely N-dealkylation sites (N-methyl/N-ethyl adjacent to an activating group) is 1. The van der Waals surface area contributed by atoms with Crippen LogP contribution in [0.15, 0.2) is 18.2 Å². The molecule has 120 valence electrons. The van der Waals surface area contributed by atoms with Crippen LogP contribution in [-0.4, -0.2) is 54.9 Å². The van der Waals surface area contributed by atoms with Crippen molar-refractivity contribution in [1.29, 1.82) is 0 Å². The van der Waals surface area contributed by atoms with Crippen molar-refractivity contribution in [3.63, 3.8) is 0 Å².